The van der Waals surface area contributed by atoms with E-state index in [0.29, 0.717) is 17.0 Å². The van der Waals surface area contributed by atoms with Crippen LogP contribution in [-0.4, -0.2) is 30.9 Å². The van der Waals surface area contributed by atoms with Crippen molar-refractivity contribution in [1.29, 1.82) is 0 Å². The Hall–Kier alpha value is -4.25. The Balaban J connectivity index is 1.95. The number of rotatable bonds is 6. The minimum atomic E-state index is -0.795. The fraction of sp³-hybridized carbons (Fsp3) is 0.219. The molecule has 1 aliphatic carbocycles. The van der Waals surface area contributed by atoms with Crippen molar-refractivity contribution in [2.24, 2.45) is 10.9 Å². The standard InChI is InChI=1S/C32H29NO4/c1-5-36-31(34)26-20(4)25-27(21-13-9-7-10-14-21)29(32(35)37-6-2)30(22-15-11-8-12-16-22)33-23-18-17-19(3)24(26)28(23)25/h7-18,29H,5-6H2,1-4H3. The SMILES string of the molecule is CCOC(=O)C1=C(C)C2=C(c3ccccc3)C(C(=O)OCC)C(c3ccccc3)=Nc3ccc(C)c1c32. The highest BCUT2D eigenvalue weighted by Gasteiger charge is 2.42. The third kappa shape index (κ3) is 4.10. The molecule has 0 saturated heterocycles. The first-order valence-electron chi connectivity index (χ1n) is 12.6. The average molecular weight is 492 g/mol. The van der Waals surface area contributed by atoms with Crippen LogP contribution in [0.1, 0.15) is 48.6 Å². The number of allylic oxidation sites excluding steroid dienone is 2. The Bertz CT molecular complexity index is 1480. The van der Waals surface area contributed by atoms with E-state index >= 15 is 0 Å². The predicted molar refractivity (Wildman–Crippen MR) is 146 cm³/mol. The van der Waals surface area contributed by atoms with Crippen molar-refractivity contribution in [1.82, 2.24) is 0 Å². The fourth-order valence-electron chi connectivity index (χ4n) is 5.36. The molecule has 1 unspecified atom stereocenters. The minimum Gasteiger partial charge on any atom is -0.465 e. The zero-order chi connectivity index (χ0) is 26.1. The van der Waals surface area contributed by atoms with Gasteiger partial charge in [0, 0.05) is 11.1 Å². The summed E-state index contributed by atoms with van der Waals surface area (Å²) in [7, 11) is 0. The summed E-state index contributed by atoms with van der Waals surface area (Å²) in [6.07, 6.45) is 0. The van der Waals surface area contributed by atoms with E-state index in [1.807, 2.05) is 86.6 Å². The maximum Gasteiger partial charge on any atom is 0.339 e. The number of benzene rings is 3. The second-order valence-electron chi connectivity index (χ2n) is 9.07. The van der Waals surface area contributed by atoms with Crippen LogP contribution in [0.2, 0.25) is 0 Å². The van der Waals surface area contributed by atoms with Gasteiger partial charge >= 0.3 is 11.9 Å². The lowest BCUT2D eigenvalue weighted by Gasteiger charge is -2.23. The lowest BCUT2D eigenvalue weighted by atomic mass is 9.81. The summed E-state index contributed by atoms with van der Waals surface area (Å²) in [4.78, 5) is 32.2. The Morgan fingerprint density at radius 3 is 2.03 bits per heavy atom. The molecule has 5 heteroatoms. The molecule has 0 aromatic heterocycles. The van der Waals surface area contributed by atoms with Crippen LogP contribution < -0.4 is 0 Å². The fourth-order valence-corrected chi connectivity index (χ4v) is 5.36. The van der Waals surface area contributed by atoms with Gasteiger partial charge in [-0.2, -0.15) is 0 Å². The van der Waals surface area contributed by atoms with E-state index in [1.54, 1.807) is 13.8 Å². The third-order valence-corrected chi connectivity index (χ3v) is 6.87. The molecule has 0 N–H and O–H groups in total. The van der Waals surface area contributed by atoms with Gasteiger partial charge < -0.3 is 9.47 Å². The Morgan fingerprint density at radius 1 is 0.784 bits per heavy atom. The topological polar surface area (TPSA) is 65.0 Å². The smallest absolute Gasteiger partial charge is 0.339 e. The number of carbonyl (C=O) groups excluding carboxylic acids is 2. The van der Waals surface area contributed by atoms with Crippen LogP contribution in [0.25, 0.3) is 16.7 Å². The highest BCUT2D eigenvalue weighted by atomic mass is 16.5. The normalized spacial score (nSPS) is 16.2. The summed E-state index contributed by atoms with van der Waals surface area (Å²) in [5.41, 5.74) is 8.62. The van der Waals surface area contributed by atoms with E-state index in [1.165, 1.54) is 0 Å². The van der Waals surface area contributed by atoms with E-state index in [0.717, 1.165) is 44.5 Å². The molecule has 1 atom stereocenters. The van der Waals surface area contributed by atoms with Crippen LogP contribution >= 0.6 is 0 Å². The first-order chi connectivity index (χ1) is 18.0. The van der Waals surface area contributed by atoms with Crippen LogP contribution in [0, 0.1) is 12.8 Å². The molecule has 5 rings (SSSR count). The summed E-state index contributed by atoms with van der Waals surface area (Å²) in [5.74, 6) is -1.54. The summed E-state index contributed by atoms with van der Waals surface area (Å²) < 4.78 is 11.1. The van der Waals surface area contributed by atoms with Gasteiger partial charge in [-0.3, -0.25) is 9.79 Å². The van der Waals surface area contributed by atoms with Crippen molar-refractivity contribution < 1.29 is 19.1 Å². The average Bonchev–Trinajstić information content (AvgIpc) is 3.12. The molecule has 0 spiro atoms. The minimum absolute atomic E-state index is 0.245. The quantitative estimate of drug-likeness (QED) is 0.366. The predicted octanol–water partition coefficient (Wildman–Crippen LogP) is 6.57. The van der Waals surface area contributed by atoms with Gasteiger partial charge in [-0.1, -0.05) is 66.7 Å². The van der Waals surface area contributed by atoms with Gasteiger partial charge in [-0.05, 0) is 67.2 Å². The molecule has 0 fully saturated rings. The third-order valence-electron chi connectivity index (χ3n) is 6.87. The number of esters is 2. The lowest BCUT2D eigenvalue weighted by molar-refractivity contribution is -0.143. The largest absolute Gasteiger partial charge is 0.465 e. The number of hydrogen-bond acceptors (Lipinski definition) is 5. The Kier molecular flexibility index (Phi) is 6.62. The van der Waals surface area contributed by atoms with E-state index in [-0.39, 0.29) is 25.2 Å². The summed E-state index contributed by atoms with van der Waals surface area (Å²) >= 11 is 0. The highest BCUT2D eigenvalue weighted by molar-refractivity contribution is 6.32. The number of ether oxygens (including phenoxy) is 2. The van der Waals surface area contributed by atoms with Gasteiger partial charge in [0.05, 0.1) is 30.2 Å². The molecule has 37 heavy (non-hydrogen) atoms. The second kappa shape index (κ2) is 10.0. The molecule has 1 aliphatic heterocycles. The first-order valence-corrected chi connectivity index (χ1v) is 12.6. The van der Waals surface area contributed by atoms with Crippen molar-refractivity contribution in [3.8, 4) is 0 Å². The number of carbonyl (C=O) groups is 2. The number of aliphatic imine (C=N–C) groups is 1. The maximum atomic E-state index is 13.8. The van der Waals surface area contributed by atoms with Crippen LogP contribution in [0.4, 0.5) is 5.69 Å². The molecule has 0 saturated carbocycles. The second-order valence-corrected chi connectivity index (χ2v) is 9.07. The van der Waals surface area contributed by atoms with Gasteiger partial charge in [0.2, 0.25) is 0 Å². The van der Waals surface area contributed by atoms with E-state index in [4.69, 9.17) is 14.5 Å². The van der Waals surface area contributed by atoms with Crippen molar-refractivity contribution in [2.75, 3.05) is 13.2 Å². The Morgan fingerprint density at radius 2 is 1.41 bits per heavy atom. The van der Waals surface area contributed by atoms with Crippen molar-refractivity contribution in [2.45, 2.75) is 27.7 Å². The highest BCUT2D eigenvalue weighted by Crippen LogP contribution is 2.53. The van der Waals surface area contributed by atoms with Gasteiger partial charge in [0.1, 0.15) is 5.92 Å². The van der Waals surface area contributed by atoms with Gasteiger partial charge in [0.15, 0.2) is 0 Å². The molecule has 0 radical (unpaired) electrons. The number of aryl methyl sites for hydroxylation is 1. The van der Waals surface area contributed by atoms with Gasteiger partial charge in [0.25, 0.3) is 0 Å². The zero-order valence-corrected chi connectivity index (χ0v) is 21.5. The zero-order valence-electron chi connectivity index (χ0n) is 21.5. The molecule has 5 nitrogen and oxygen atoms in total. The van der Waals surface area contributed by atoms with Crippen LogP contribution in [0.3, 0.4) is 0 Å². The summed E-state index contributed by atoms with van der Waals surface area (Å²) in [5, 5.41) is 0. The molecule has 2 aliphatic rings. The molecule has 186 valence electrons. The molecule has 3 aromatic rings. The lowest BCUT2D eigenvalue weighted by Crippen LogP contribution is -2.28. The monoisotopic (exact) mass is 491 g/mol. The Labute approximate surface area is 217 Å². The van der Waals surface area contributed by atoms with Crippen molar-refractivity contribution in [3.05, 3.63) is 106 Å². The van der Waals surface area contributed by atoms with Gasteiger partial charge in [-0.15, -0.1) is 0 Å². The molecule has 0 bridgehead atoms. The summed E-state index contributed by atoms with van der Waals surface area (Å²) in [6, 6.07) is 23.5. The molecule has 0 amide bonds. The maximum absolute atomic E-state index is 13.8. The summed E-state index contributed by atoms with van der Waals surface area (Å²) in [6.45, 7) is 8.05. The molecule has 3 aromatic carbocycles. The van der Waals surface area contributed by atoms with Crippen molar-refractivity contribution >= 4 is 40.1 Å². The molecular formula is C32H29NO4. The van der Waals surface area contributed by atoms with Gasteiger partial charge in [-0.25, -0.2) is 4.79 Å². The molecular weight excluding hydrogens is 462 g/mol. The van der Waals surface area contributed by atoms with Crippen LogP contribution in [0.15, 0.2) is 83.4 Å². The number of nitrogens with zero attached hydrogens (tertiary/aromatic N) is 1. The first kappa shape index (κ1) is 24.4. The van der Waals surface area contributed by atoms with E-state index in [2.05, 4.69) is 0 Å². The van der Waals surface area contributed by atoms with Crippen LogP contribution in [0.5, 0.6) is 0 Å². The van der Waals surface area contributed by atoms with Crippen LogP contribution in [-0.2, 0) is 19.1 Å². The number of hydrogen-bond donors (Lipinski definition) is 0. The van der Waals surface area contributed by atoms with E-state index < -0.39 is 5.92 Å². The van der Waals surface area contributed by atoms with Crippen molar-refractivity contribution in [3.63, 3.8) is 0 Å². The van der Waals surface area contributed by atoms with E-state index in [9.17, 15) is 9.59 Å². The molecule has 1 heterocycles.